The first-order chi connectivity index (χ1) is 13.9. The molecule has 3 atom stereocenters. The van der Waals surface area contributed by atoms with E-state index in [1.54, 1.807) is 18.2 Å². The average Bonchev–Trinajstić information content (AvgIpc) is 2.75. The van der Waals surface area contributed by atoms with E-state index in [4.69, 9.17) is 9.47 Å². The fourth-order valence-electron chi connectivity index (χ4n) is 3.99. The van der Waals surface area contributed by atoms with Crippen LogP contribution in [0, 0.1) is 0 Å². The fraction of sp³-hybridized carbons (Fsp3) is 0.650. The second-order valence-electron chi connectivity index (χ2n) is 7.58. The van der Waals surface area contributed by atoms with Crippen molar-refractivity contribution in [1.82, 2.24) is 9.62 Å². The lowest BCUT2D eigenvalue weighted by atomic mass is 9.97. The van der Waals surface area contributed by atoms with Gasteiger partial charge in [0.2, 0.25) is 15.9 Å². The molecule has 3 rings (SSSR count). The number of piperidine rings is 1. The lowest BCUT2D eigenvalue weighted by Gasteiger charge is -2.37. The third-order valence-corrected chi connectivity index (χ3v) is 7.10. The van der Waals surface area contributed by atoms with Crippen LogP contribution in [0.25, 0.3) is 0 Å². The number of ether oxygens (including phenoxy) is 2. The molecule has 0 aromatic heterocycles. The van der Waals surface area contributed by atoms with E-state index < -0.39 is 22.2 Å². The van der Waals surface area contributed by atoms with Gasteiger partial charge < -0.3 is 19.5 Å². The van der Waals surface area contributed by atoms with Crippen LogP contribution in [0.15, 0.2) is 29.2 Å². The minimum absolute atomic E-state index is 0.0431. The standard InChI is InChI=1S/C20H30N2O6S/c1-27-17-7-3-4-8-19(17)29(25,26)21-16-10-9-15(28-18(16)14-23)13-20(24)22-11-5-2-6-12-22/h3-4,7-8,15-16,18,21,23H,2,5-6,9-14H2,1H3/t15-,16-,18+/m1/s1. The van der Waals surface area contributed by atoms with E-state index >= 15 is 0 Å². The maximum absolute atomic E-state index is 12.8. The SMILES string of the molecule is COc1ccccc1S(=O)(=O)N[C@@H]1CC[C@H](CC(=O)N2CCCCC2)O[C@H]1CO. The smallest absolute Gasteiger partial charge is 0.244 e. The van der Waals surface area contributed by atoms with E-state index in [0.717, 1.165) is 32.4 Å². The molecule has 162 valence electrons. The second kappa shape index (κ2) is 9.88. The highest BCUT2D eigenvalue weighted by Gasteiger charge is 2.36. The Balaban J connectivity index is 1.61. The number of hydrogen-bond donors (Lipinski definition) is 2. The molecule has 0 radical (unpaired) electrons. The Labute approximate surface area is 172 Å². The number of aliphatic hydroxyl groups excluding tert-OH is 1. The molecule has 2 saturated heterocycles. The summed E-state index contributed by atoms with van der Waals surface area (Å²) >= 11 is 0. The minimum Gasteiger partial charge on any atom is -0.495 e. The summed E-state index contributed by atoms with van der Waals surface area (Å²) in [5, 5.41) is 9.75. The predicted molar refractivity (Wildman–Crippen MR) is 107 cm³/mol. The van der Waals surface area contributed by atoms with Crippen molar-refractivity contribution in [3.63, 3.8) is 0 Å². The third kappa shape index (κ3) is 5.48. The number of nitrogens with one attached hydrogen (secondary N) is 1. The lowest BCUT2D eigenvalue weighted by molar-refractivity contribution is -0.140. The van der Waals surface area contributed by atoms with Crippen molar-refractivity contribution in [3.8, 4) is 5.75 Å². The Morgan fingerprint density at radius 2 is 1.97 bits per heavy atom. The van der Waals surface area contributed by atoms with E-state index in [9.17, 15) is 18.3 Å². The molecule has 2 N–H and O–H groups in total. The molecule has 29 heavy (non-hydrogen) atoms. The van der Waals surface area contributed by atoms with Gasteiger partial charge in [-0.1, -0.05) is 12.1 Å². The molecule has 0 spiro atoms. The number of rotatable bonds is 7. The summed E-state index contributed by atoms with van der Waals surface area (Å²) < 4.78 is 39.3. The van der Waals surface area contributed by atoms with Crippen molar-refractivity contribution in [1.29, 1.82) is 0 Å². The van der Waals surface area contributed by atoms with Crippen LogP contribution in [0.3, 0.4) is 0 Å². The van der Waals surface area contributed by atoms with Crippen LogP contribution in [-0.4, -0.2) is 69.4 Å². The topological polar surface area (TPSA) is 105 Å². The van der Waals surface area contributed by atoms with Crippen molar-refractivity contribution in [3.05, 3.63) is 24.3 Å². The zero-order valence-corrected chi connectivity index (χ0v) is 17.6. The molecule has 2 aliphatic heterocycles. The number of amides is 1. The molecule has 1 aromatic carbocycles. The Morgan fingerprint density at radius 1 is 1.24 bits per heavy atom. The maximum Gasteiger partial charge on any atom is 0.244 e. The van der Waals surface area contributed by atoms with Gasteiger partial charge in [0.1, 0.15) is 10.6 Å². The molecular weight excluding hydrogens is 396 g/mol. The fourth-order valence-corrected chi connectivity index (χ4v) is 5.46. The summed E-state index contributed by atoms with van der Waals surface area (Å²) in [5.41, 5.74) is 0. The van der Waals surface area contributed by atoms with Crippen molar-refractivity contribution in [2.75, 3.05) is 26.8 Å². The highest BCUT2D eigenvalue weighted by Crippen LogP contribution is 2.27. The van der Waals surface area contributed by atoms with Crippen molar-refractivity contribution < 1.29 is 27.8 Å². The van der Waals surface area contributed by atoms with Gasteiger partial charge in [-0.15, -0.1) is 0 Å². The first-order valence-corrected chi connectivity index (χ1v) is 11.6. The first-order valence-electron chi connectivity index (χ1n) is 10.1. The number of para-hydroxylation sites is 1. The molecule has 8 nitrogen and oxygen atoms in total. The van der Waals surface area contributed by atoms with Crippen LogP contribution >= 0.6 is 0 Å². The summed E-state index contributed by atoms with van der Waals surface area (Å²) in [6.45, 7) is 1.25. The second-order valence-corrected chi connectivity index (χ2v) is 9.26. The predicted octanol–water partition coefficient (Wildman–Crippen LogP) is 1.28. The molecular formula is C20H30N2O6S. The normalized spacial score (nSPS) is 25.6. The Morgan fingerprint density at radius 3 is 2.66 bits per heavy atom. The highest BCUT2D eigenvalue weighted by atomic mass is 32.2. The summed E-state index contributed by atoms with van der Waals surface area (Å²) in [4.78, 5) is 14.4. The number of hydrogen-bond acceptors (Lipinski definition) is 6. The van der Waals surface area contributed by atoms with E-state index in [-0.39, 0.29) is 35.7 Å². The monoisotopic (exact) mass is 426 g/mol. The van der Waals surface area contributed by atoms with E-state index in [1.807, 2.05) is 4.90 Å². The van der Waals surface area contributed by atoms with Gasteiger partial charge in [-0.05, 0) is 44.2 Å². The summed E-state index contributed by atoms with van der Waals surface area (Å²) in [6.07, 6.45) is 3.51. The van der Waals surface area contributed by atoms with Gasteiger partial charge in [-0.25, -0.2) is 13.1 Å². The van der Waals surface area contributed by atoms with Crippen LogP contribution in [0.4, 0.5) is 0 Å². The van der Waals surface area contributed by atoms with E-state index in [1.165, 1.54) is 13.2 Å². The van der Waals surface area contributed by atoms with E-state index in [0.29, 0.717) is 12.8 Å². The molecule has 0 bridgehead atoms. The molecule has 2 aliphatic rings. The number of benzene rings is 1. The third-order valence-electron chi connectivity index (χ3n) is 5.57. The number of carbonyl (C=O) groups excluding carboxylic acids is 1. The summed E-state index contributed by atoms with van der Waals surface area (Å²) in [6, 6.07) is 5.80. The highest BCUT2D eigenvalue weighted by molar-refractivity contribution is 7.89. The molecule has 0 saturated carbocycles. The van der Waals surface area contributed by atoms with Gasteiger partial charge in [-0.3, -0.25) is 4.79 Å². The van der Waals surface area contributed by atoms with Gasteiger partial charge in [0, 0.05) is 13.1 Å². The molecule has 0 unspecified atom stereocenters. The Kier molecular flexibility index (Phi) is 7.50. The summed E-state index contributed by atoms with van der Waals surface area (Å²) in [5.74, 6) is 0.321. The van der Waals surface area contributed by atoms with Crippen molar-refractivity contribution >= 4 is 15.9 Å². The van der Waals surface area contributed by atoms with Gasteiger partial charge in [0.15, 0.2) is 0 Å². The minimum atomic E-state index is -3.84. The molecule has 9 heteroatoms. The van der Waals surface area contributed by atoms with Crippen LogP contribution in [0.2, 0.25) is 0 Å². The van der Waals surface area contributed by atoms with Crippen LogP contribution < -0.4 is 9.46 Å². The van der Waals surface area contributed by atoms with Gasteiger partial charge in [0.05, 0.1) is 38.4 Å². The number of aliphatic hydroxyl groups is 1. The number of likely N-dealkylation sites (tertiary alicyclic amines) is 1. The summed E-state index contributed by atoms with van der Waals surface area (Å²) in [7, 11) is -2.43. The van der Waals surface area contributed by atoms with Gasteiger partial charge in [0.25, 0.3) is 0 Å². The largest absolute Gasteiger partial charge is 0.495 e. The van der Waals surface area contributed by atoms with Gasteiger partial charge in [-0.2, -0.15) is 0 Å². The number of methoxy groups -OCH3 is 1. The number of nitrogens with zero attached hydrogens (tertiary/aromatic N) is 1. The zero-order valence-electron chi connectivity index (χ0n) is 16.7. The number of sulfonamides is 1. The van der Waals surface area contributed by atoms with Crippen LogP contribution in [0.5, 0.6) is 5.75 Å². The van der Waals surface area contributed by atoms with Crippen LogP contribution in [-0.2, 0) is 19.6 Å². The maximum atomic E-state index is 12.8. The molecule has 2 heterocycles. The average molecular weight is 427 g/mol. The van der Waals surface area contributed by atoms with Crippen molar-refractivity contribution in [2.24, 2.45) is 0 Å². The quantitative estimate of drug-likeness (QED) is 0.681. The molecule has 1 amide bonds. The zero-order chi connectivity index (χ0) is 20.9. The lowest BCUT2D eigenvalue weighted by Crippen LogP contribution is -2.51. The molecule has 1 aromatic rings. The van der Waals surface area contributed by atoms with Crippen LogP contribution in [0.1, 0.15) is 38.5 Å². The number of carbonyl (C=O) groups is 1. The Bertz CT molecular complexity index is 794. The first kappa shape index (κ1) is 22.0. The molecule has 2 fully saturated rings. The molecule has 0 aliphatic carbocycles. The van der Waals surface area contributed by atoms with Gasteiger partial charge >= 0.3 is 0 Å². The van der Waals surface area contributed by atoms with E-state index in [2.05, 4.69) is 4.72 Å². The van der Waals surface area contributed by atoms with Crippen molar-refractivity contribution in [2.45, 2.75) is 61.7 Å². The Hall–Kier alpha value is -1.68.